The second-order valence-electron chi connectivity index (χ2n) is 3.05. The van der Waals surface area contributed by atoms with E-state index in [9.17, 15) is 4.79 Å². The van der Waals surface area contributed by atoms with Crippen LogP contribution in [0, 0.1) is 0 Å². The van der Waals surface area contributed by atoms with Gasteiger partial charge in [-0.3, -0.25) is 14.7 Å². The van der Waals surface area contributed by atoms with E-state index in [1.807, 2.05) is 14.0 Å². The van der Waals surface area contributed by atoms with Gasteiger partial charge in [-0.15, -0.1) is 0 Å². The summed E-state index contributed by atoms with van der Waals surface area (Å²) >= 11 is 0. The van der Waals surface area contributed by atoms with E-state index < -0.39 is 0 Å². The number of carbonyl (C=O) groups is 1. The van der Waals surface area contributed by atoms with Crippen LogP contribution in [-0.2, 0) is 4.79 Å². The van der Waals surface area contributed by atoms with Crippen LogP contribution in [0.3, 0.4) is 0 Å². The third-order valence-corrected chi connectivity index (χ3v) is 2.13. The Labute approximate surface area is 79.0 Å². The highest BCUT2D eigenvalue weighted by Gasteiger charge is 2.20. The van der Waals surface area contributed by atoms with Crippen molar-refractivity contribution in [2.45, 2.75) is 19.8 Å². The molecular formula is C9H17N3O. The predicted molar refractivity (Wildman–Crippen MR) is 52.8 cm³/mol. The molecule has 1 aliphatic heterocycles. The number of rotatable bonds is 4. The molecule has 0 atom stereocenters. The largest absolute Gasteiger partial charge is 0.319 e. The number of amidine groups is 1. The number of nitrogens with zero attached hydrogens (tertiary/aromatic N) is 2. The van der Waals surface area contributed by atoms with Crippen LogP contribution in [0.15, 0.2) is 4.99 Å². The van der Waals surface area contributed by atoms with Crippen molar-refractivity contribution in [3.8, 4) is 0 Å². The molecule has 13 heavy (non-hydrogen) atoms. The van der Waals surface area contributed by atoms with E-state index in [1.54, 1.807) is 4.90 Å². The molecule has 0 aliphatic carbocycles. The van der Waals surface area contributed by atoms with Crippen molar-refractivity contribution in [3.05, 3.63) is 0 Å². The summed E-state index contributed by atoms with van der Waals surface area (Å²) in [4.78, 5) is 17.5. The first-order valence-electron chi connectivity index (χ1n) is 4.78. The van der Waals surface area contributed by atoms with Gasteiger partial charge in [0.1, 0.15) is 5.84 Å². The molecule has 0 saturated heterocycles. The summed E-state index contributed by atoms with van der Waals surface area (Å²) in [5, 5.41) is 3.05. The highest BCUT2D eigenvalue weighted by molar-refractivity contribution is 5.99. The van der Waals surface area contributed by atoms with Crippen molar-refractivity contribution in [3.63, 3.8) is 0 Å². The molecule has 0 saturated carbocycles. The van der Waals surface area contributed by atoms with E-state index in [0.29, 0.717) is 6.42 Å². The van der Waals surface area contributed by atoms with E-state index in [4.69, 9.17) is 0 Å². The van der Waals surface area contributed by atoms with Gasteiger partial charge in [0.2, 0.25) is 5.91 Å². The monoisotopic (exact) mass is 183 g/mol. The van der Waals surface area contributed by atoms with Crippen LogP contribution in [0.5, 0.6) is 0 Å². The number of nitrogens with one attached hydrogen (secondary N) is 1. The SMILES string of the molecule is CCC(=O)N1CCN=C1CCNC. The maximum absolute atomic E-state index is 11.4. The van der Waals surface area contributed by atoms with Gasteiger partial charge in [0.15, 0.2) is 0 Å². The first-order chi connectivity index (χ1) is 6.29. The second kappa shape index (κ2) is 4.97. The number of carbonyl (C=O) groups excluding carboxylic acids is 1. The lowest BCUT2D eigenvalue weighted by molar-refractivity contribution is -0.126. The molecule has 0 spiro atoms. The summed E-state index contributed by atoms with van der Waals surface area (Å²) in [7, 11) is 1.90. The standard InChI is InChI=1S/C9H17N3O/c1-3-9(13)12-7-6-11-8(12)4-5-10-2/h10H,3-7H2,1-2H3. The Hall–Kier alpha value is -0.900. The Bertz CT molecular complexity index is 213. The van der Waals surface area contributed by atoms with E-state index in [0.717, 1.165) is 31.9 Å². The zero-order valence-electron chi connectivity index (χ0n) is 8.34. The fraction of sp³-hybridized carbons (Fsp3) is 0.778. The summed E-state index contributed by atoms with van der Waals surface area (Å²) < 4.78 is 0. The third kappa shape index (κ3) is 2.52. The van der Waals surface area contributed by atoms with Crippen LogP contribution >= 0.6 is 0 Å². The van der Waals surface area contributed by atoms with E-state index in [2.05, 4.69) is 10.3 Å². The molecule has 4 nitrogen and oxygen atoms in total. The smallest absolute Gasteiger partial charge is 0.227 e. The van der Waals surface area contributed by atoms with Crippen LogP contribution in [0.25, 0.3) is 0 Å². The average molecular weight is 183 g/mol. The predicted octanol–water partition coefficient (Wildman–Crippen LogP) is 0.247. The summed E-state index contributed by atoms with van der Waals surface area (Å²) in [6.07, 6.45) is 1.42. The summed E-state index contributed by atoms with van der Waals surface area (Å²) in [5.41, 5.74) is 0. The van der Waals surface area contributed by atoms with Crippen LogP contribution in [0.1, 0.15) is 19.8 Å². The molecule has 0 fully saturated rings. The molecule has 74 valence electrons. The molecule has 1 rings (SSSR count). The fourth-order valence-corrected chi connectivity index (χ4v) is 1.40. The van der Waals surface area contributed by atoms with Crippen LogP contribution in [0.4, 0.5) is 0 Å². The topological polar surface area (TPSA) is 44.7 Å². The van der Waals surface area contributed by atoms with Crippen LogP contribution in [-0.4, -0.2) is 43.3 Å². The van der Waals surface area contributed by atoms with Gasteiger partial charge in [-0.05, 0) is 7.05 Å². The van der Waals surface area contributed by atoms with Gasteiger partial charge in [-0.2, -0.15) is 0 Å². The molecular weight excluding hydrogens is 166 g/mol. The van der Waals surface area contributed by atoms with Crippen molar-refractivity contribution in [2.24, 2.45) is 4.99 Å². The highest BCUT2D eigenvalue weighted by Crippen LogP contribution is 2.06. The van der Waals surface area contributed by atoms with Crippen LogP contribution < -0.4 is 5.32 Å². The maximum atomic E-state index is 11.4. The molecule has 4 heteroatoms. The van der Waals surface area contributed by atoms with E-state index in [-0.39, 0.29) is 5.91 Å². The summed E-state index contributed by atoms with van der Waals surface area (Å²) in [6, 6.07) is 0. The molecule has 0 aromatic heterocycles. The first kappa shape index (κ1) is 10.2. The van der Waals surface area contributed by atoms with Gasteiger partial charge >= 0.3 is 0 Å². The van der Waals surface area contributed by atoms with Crippen molar-refractivity contribution in [1.82, 2.24) is 10.2 Å². The Morgan fingerprint density at radius 2 is 2.46 bits per heavy atom. The van der Waals surface area contributed by atoms with Gasteiger partial charge in [0.25, 0.3) is 0 Å². The number of aliphatic imine (C=N–C) groups is 1. The minimum absolute atomic E-state index is 0.187. The Morgan fingerprint density at radius 1 is 1.69 bits per heavy atom. The van der Waals surface area contributed by atoms with Crippen LogP contribution in [0.2, 0.25) is 0 Å². The Kier molecular flexibility index (Phi) is 3.89. The molecule has 0 aromatic carbocycles. The molecule has 1 N–H and O–H groups in total. The molecule has 1 amide bonds. The van der Waals surface area contributed by atoms with Gasteiger partial charge in [-0.25, -0.2) is 0 Å². The summed E-state index contributed by atoms with van der Waals surface area (Å²) in [6.45, 7) is 4.30. The quantitative estimate of drug-likeness (QED) is 0.679. The number of hydrogen-bond acceptors (Lipinski definition) is 3. The van der Waals surface area contributed by atoms with Gasteiger partial charge in [-0.1, -0.05) is 6.92 Å². The Balaban J connectivity index is 2.47. The molecule has 0 radical (unpaired) electrons. The third-order valence-electron chi connectivity index (χ3n) is 2.13. The van der Waals surface area contributed by atoms with Gasteiger partial charge < -0.3 is 5.32 Å². The Morgan fingerprint density at radius 3 is 3.08 bits per heavy atom. The average Bonchev–Trinajstić information content (AvgIpc) is 2.61. The van der Waals surface area contributed by atoms with E-state index >= 15 is 0 Å². The molecule has 0 aromatic rings. The molecule has 0 unspecified atom stereocenters. The molecule has 1 aliphatic rings. The molecule has 1 heterocycles. The lowest BCUT2D eigenvalue weighted by Gasteiger charge is -2.17. The number of hydrogen-bond donors (Lipinski definition) is 1. The first-order valence-corrected chi connectivity index (χ1v) is 4.78. The lowest BCUT2D eigenvalue weighted by atomic mass is 10.3. The van der Waals surface area contributed by atoms with Crippen molar-refractivity contribution >= 4 is 11.7 Å². The minimum atomic E-state index is 0.187. The van der Waals surface area contributed by atoms with Gasteiger partial charge in [0.05, 0.1) is 6.54 Å². The maximum Gasteiger partial charge on any atom is 0.227 e. The lowest BCUT2D eigenvalue weighted by Crippen LogP contribution is -2.35. The van der Waals surface area contributed by atoms with Gasteiger partial charge in [0, 0.05) is 25.9 Å². The van der Waals surface area contributed by atoms with Crippen molar-refractivity contribution < 1.29 is 4.79 Å². The van der Waals surface area contributed by atoms with Crippen molar-refractivity contribution in [1.29, 1.82) is 0 Å². The minimum Gasteiger partial charge on any atom is -0.319 e. The highest BCUT2D eigenvalue weighted by atomic mass is 16.2. The fourth-order valence-electron chi connectivity index (χ4n) is 1.40. The zero-order valence-corrected chi connectivity index (χ0v) is 8.34. The second-order valence-corrected chi connectivity index (χ2v) is 3.05. The number of amides is 1. The normalized spacial score (nSPS) is 16.2. The van der Waals surface area contributed by atoms with Crippen molar-refractivity contribution in [2.75, 3.05) is 26.7 Å². The molecule has 0 bridgehead atoms. The van der Waals surface area contributed by atoms with E-state index in [1.165, 1.54) is 0 Å². The summed E-state index contributed by atoms with van der Waals surface area (Å²) in [5.74, 6) is 1.13. The zero-order chi connectivity index (χ0) is 9.68.